The maximum atomic E-state index is 12.5. The zero-order valence-electron chi connectivity index (χ0n) is 35.4. The van der Waals surface area contributed by atoms with Crippen molar-refractivity contribution in [2.45, 2.75) is 213 Å². The molecule has 52 heavy (non-hydrogen) atoms. The molecule has 0 spiro atoms. The highest BCUT2D eigenvalue weighted by Gasteiger charge is 2.14. The molecule has 0 aliphatic heterocycles. The van der Waals surface area contributed by atoms with E-state index < -0.39 is 0 Å². The Balaban J connectivity index is 3.98. The van der Waals surface area contributed by atoms with E-state index in [-0.39, 0.29) is 12.1 Å². The van der Waals surface area contributed by atoms with Gasteiger partial charge in [-0.25, -0.2) is 4.79 Å². The van der Waals surface area contributed by atoms with Crippen LogP contribution < -0.4 is 5.32 Å². The summed E-state index contributed by atoms with van der Waals surface area (Å²) in [7, 11) is 4.13. The Labute approximate surface area is 325 Å². The van der Waals surface area contributed by atoms with Gasteiger partial charge in [0, 0.05) is 13.2 Å². The average Bonchev–Trinajstić information content (AvgIpc) is 3.13. The summed E-state index contributed by atoms with van der Waals surface area (Å²) in [5, 5.41) is 3.00. The number of rotatable bonds is 42. The second-order valence-electron chi connectivity index (χ2n) is 15.5. The first-order valence-electron chi connectivity index (χ1n) is 22.6. The van der Waals surface area contributed by atoms with Crippen LogP contribution in [0.4, 0.5) is 4.79 Å². The van der Waals surface area contributed by atoms with Gasteiger partial charge in [-0.3, -0.25) is 0 Å². The number of nitrogens with one attached hydrogen (secondary N) is 1. The number of ether oxygens (including phenoxy) is 3. The third kappa shape index (κ3) is 43.0. The fourth-order valence-corrected chi connectivity index (χ4v) is 6.39. The highest BCUT2D eigenvalue weighted by atomic mass is 16.5. The SMILES string of the molecule is CCCCCCCC/C=C\CCCCCCCCOCC(COCCCCCCCC/C=C\CCCCCCCC)NC(=O)OCCCCN(C)C. The van der Waals surface area contributed by atoms with Crippen molar-refractivity contribution in [2.24, 2.45) is 0 Å². The van der Waals surface area contributed by atoms with Gasteiger partial charge in [0.1, 0.15) is 0 Å². The van der Waals surface area contributed by atoms with Crippen LogP contribution in [0.1, 0.15) is 206 Å². The molecular weight excluding hydrogens is 645 g/mol. The number of amides is 1. The van der Waals surface area contributed by atoms with Gasteiger partial charge in [-0.15, -0.1) is 0 Å². The standard InChI is InChI=1S/C46H90N2O4/c1-5-7-9-11-13-15-17-19-21-23-25-27-29-31-33-36-40-50-43-45(47-46(49)52-42-38-35-39-48(3)4)44-51-41-37-34-32-30-28-26-24-22-20-18-16-14-12-10-8-6-2/h19-22,45H,5-18,23-44H2,1-4H3,(H,47,49)/b21-19-,22-20-. The Morgan fingerprint density at radius 2 is 0.827 bits per heavy atom. The van der Waals surface area contributed by atoms with Crippen molar-refractivity contribution < 1.29 is 19.0 Å². The molecule has 0 radical (unpaired) electrons. The topological polar surface area (TPSA) is 60.0 Å². The molecule has 0 aliphatic rings. The second-order valence-corrected chi connectivity index (χ2v) is 15.5. The summed E-state index contributed by atoms with van der Waals surface area (Å²) < 4.78 is 17.5. The monoisotopic (exact) mass is 735 g/mol. The molecule has 0 rings (SSSR count). The number of alkyl carbamates (subject to hydrolysis) is 1. The molecule has 0 aromatic heterocycles. The number of carbonyl (C=O) groups is 1. The molecule has 0 unspecified atom stereocenters. The van der Waals surface area contributed by atoms with Gasteiger partial charge >= 0.3 is 6.09 Å². The summed E-state index contributed by atoms with van der Waals surface area (Å²) in [5.41, 5.74) is 0. The largest absolute Gasteiger partial charge is 0.450 e. The van der Waals surface area contributed by atoms with Crippen LogP contribution in [0.3, 0.4) is 0 Å². The van der Waals surface area contributed by atoms with Crippen LogP contribution in [0, 0.1) is 0 Å². The Morgan fingerprint density at radius 1 is 0.481 bits per heavy atom. The minimum atomic E-state index is -0.364. The van der Waals surface area contributed by atoms with Crippen molar-refractivity contribution in [3.05, 3.63) is 24.3 Å². The summed E-state index contributed by atoms with van der Waals surface area (Å²) in [5.74, 6) is 0. The third-order valence-corrected chi connectivity index (χ3v) is 9.79. The Morgan fingerprint density at radius 3 is 1.21 bits per heavy atom. The first kappa shape index (κ1) is 50.6. The van der Waals surface area contributed by atoms with E-state index in [9.17, 15) is 4.79 Å². The number of nitrogens with zero attached hydrogens (tertiary/aromatic N) is 1. The Bertz CT molecular complexity index is 711. The zero-order chi connectivity index (χ0) is 37.8. The molecule has 0 atom stereocenters. The maximum absolute atomic E-state index is 12.5. The summed E-state index contributed by atoms with van der Waals surface area (Å²) in [4.78, 5) is 14.6. The number of unbranched alkanes of at least 4 members (excludes halogenated alkanes) is 25. The van der Waals surface area contributed by atoms with Crippen LogP contribution in [0.2, 0.25) is 0 Å². The van der Waals surface area contributed by atoms with Crippen LogP contribution in [0.25, 0.3) is 0 Å². The molecule has 0 bridgehead atoms. The van der Waals surface area contributed by atoms with Crippen LogP contribution in [-0.2, 0) is 14.2 Å². The van der Waals surface area contributed by atoms with Gasteiger partial charge in [-0.05, 0) is 97.7 Å². The fraction of sp³-hybridized carbons (Fsp3) is 0.891. The molecule has 0 aromatic carbocycles. The summed E-state index contributed by atoms with van der Waals surface area (Å²) >= 11 is 0. The van der Waals surface area contributed by atoms with E-state index in [1.165, 1.54) is 167 Å². The van der Waals surface area contributed by atoms with Crippen molar-refractivity contribution in [1.82, 2.24) is 10.2 Å². The normalized spacial score (nSPS) is 12.0. The van der Waals surface area contributed by atoms with Crippen molar-refractivity contribution in [3.63, 3.8) is 0 Å². The summed E-state index contributed by atoms with van der Waals surface area (Å²) in [6, 6.07) is -0.183. The quantitative estimate of drug-likeness (QED) is 0.0500. The predicted molar refractivity (Wildman–Crippen MR) is 227 cm³/mol. The van der Waals surface area contributed by atoms with Gasteiger partial charge in [0.05, 0.1) is 25.9 Å². The summed E-state index contributed by atoms with van der Waals surface area (Å²) in [6.07, 6.45) is 47.6. The molecule has 308 valence electrons. The van der Waals surface area contributed by atoms with Crippen LogP contribution in [-0.4, -0.2) is 70.7 Å². The van der Waals surface area contributed by atoms with Gasteiger partial charge < -0.3 is 24.4 Å². The molecule has 0 saturated carbocycles. The predicted octanol–water partition coefficient (Wildman–Crippen LogP) is 13.5. The van der Waals surface area contributed by atoms with E-state index in [0.717, 1.165) is 45.4 Å². The van der Waals surface area contributed by atoms with Gasteiger partial charge in [-0.2, -0.15) is 0 Å². The van der Waals surface area contributed by atoms with Gasteiger partial charge in [0.15, 0.2) is 0 Å². The average molecular weight is 735 g/mol. The van der Waals surface area contributed by atoms with E-state index >= 15 is 0 Å². The number of hydrogen-bond donors (Lipinski definition) is 1. The molecule has 1 amide bonds. The molecule has 0 aromatic rings. The highest BCUT2D eigenvalue weighted by Crippen LogP contribution is 2.12. The highest BCUT2D eigenvalue weighted by molar-refractivity contribution is 5.67. The van der Waals surface area contributed by atoms with Crippen molar-refractivity contribution in [1.29, 1.82) is 0 Å². The molecule has 0 heterocycles. The number of allylic oxidation sites excluding steroid dienone is 4. The molecule has 0 aliphatic carbocycles. The minimum Gasteiger partial charge on any atom is -0.450 e. The van der Waals surface area contributed by atoms with Gasteiger partial charge in [0.2, 0.25) is 0 Å². The molecule has 0 fully saturated rings. The zero-order valence-corrected chi connectivity index (χ0v) is 35.4. The Kier molecular flexibility index (Phi) is 42.9. The van der Waals surface area contributed by atoms with Gasteiger partial charge in [0.25, 0.3) is 0 Å². The molecule has 1 N–H and O–H groups in total. The third-order valence-electron chi connectivity index (χ3n) is 9.79. The van der Waals surface area contributed by atoms with E-state index in [1.54, 1.807) is 0 Å². The van der Waals surface area contributed by atoms with Crippen molar-refractivity contribution in [2.75, 3.05) is 53.7 Å². The van der Waals surface area contributed by atoms with E-state index in [0.29, 0.717) is 19.8 Å². The minimum absolute atomic E-state index is 0.183. The number of hydrogen-bond acceptors (Lipinski definition) is 5. The summed E-state index contributed by atoms with van der Waals surface area (Å²) in [6.45, 7) is 8.40. The van der Waals surface area contributed by atoms with E-state index in [1.807, 2.05) is 0 Å². The maximum Gasteiger partial charge on any atom is 0.407 e. The molecule has 6 heteroatoms. The molecule has 6 nitrogen and oxygen atoms in total. The second kappa shape index (κ2) is 44.0. The number of carbonyl (C=O) groups excluding carboxylic acids is 1. The van der Waals surface area contributed by atoms with Crippen LogP contribution in [0.15, 0.2) is 24.3 Å². The van der Waals surface area contributed by atoms with Crippen molar-refractivity contribution in [3.8, 4) is 0 Å². The lowest BCUT2D eigenvalue weighted by Crippen LogP contribution is -2.42. The first-order valence-corrected chi connectivity index (χ1v) is 22.6. The lowest BCUT2D eigenvalue weighted by molar-refractivity contribution is 0.0491. The lowest BCUT2D eigenvalue weighted by Gasteiger charge is -2.19. The van der Waals surface area contributed by atoms with Crippen LogP contribution >= 0.6 is 0 Å². The van der Waals surface area contributed by atoms with Gasteiger partial charge in [-0.1, -0.05) is 154 Å². The van der Waals surface area contributed by atoms with Crippen molar-refractivity contribution >= 4 is 6.09 Å². The molecule has 0 saturated heterocycles. The lowest BCUT2D eigenvalue weighted by atomic mass is 10.1. The van der Waals surface area contributed by atoms with E-state index in [2.05, 4.69) is 62.5 Å². The smallest absolute Gasteiger partial charge is 0.407 e. The fourth-order valence-electron chi connectivity index (χ4n) is 6.39. The van der Waals surface area contributed by atoms with Crippen LogP contribution in [0.5, 0.6) is 0 Å². The Hall–Kier alpha value is -1.37. The first-order chi connectivity index (χ1) is 25.6. The molecular formula is C46H90N2O4. The van der Waals surface area contributed by atoms with E-state index in [4.69, 9.17) is 14.2 Å².